The van der Waals surface area contributed by atoms with E-state index in [1.165, 1.54) is 35.6 Å². The highest BCUT2D eigenvalue weighted by Gasteiger charge is 2.48. The lowest BCUT2D eigenvalue weighted by atomic mass is 9.78. The maximum Gasteiger partial charge on any atom is 0.317 e. The van der Waals surface area contributed by atoms with Gasteiger partial charge in [0, 0.05) is 11.1 Å². The van der Waals surface area contributed by atoms with Gasteiger partial charge in [-0.3, -0.25) is 19.2 Å². The Morgan fingerprint density at radius 3 is 2.10 bits per heavy atom. The predicted octanol–water partition coefficient (Wildman–Crippen LogP) is 5.49. The van der Waals surface area contributed by atoms with Crippen LogP contribution in [0, 0.1) is 17.7 Å². The molecule has 3 atom stereocenters. The van der Waals surface area contributed by atoms with E-state index in [0.29, 0.717) is 44.1 Å². The number of nitrogens with zero attached hydrogens (tertiary/aromatic N) is 2. The molecule has 0 saturated carbocycles. The quantitative estimate of drug-likeness (QED) is 0.0893. The predicted molar refractivity (Wildman–Crippen MR) is 177 cm³/mol. The fraction of sp³-hybridized carbons (Fsp3) is 0.306. The summed E-state index contributed by atoms with van der Waals surface area (Å²) in [6, 6.07) is 20.7. The van der Waals surface area contributed by atoms with Gasteiger partial charge < -0.3 is 26.0 Å². The molecule has 0 spiro atoms. The van der Waals surface area contributed by atoms with Crippen LogP contribution in [0.2, 0.25) is 0 Å². The monoisotopic (exact) mass is 673 g/mol. The summed E-state index contributed by atoms with van der Waals surface area (Å²) in [5.41, 5.74) is 10.2. The number of benzene rings is 3. The minimum Gasteiger partial charge on any atom is -0.481 e. The molecule has 250 valence electrons. The molecule has 1 aliphatic heterocycles. The molecule has 1 aromatic heterocycles. The van der Waals surface area contributed by atoms with E-state index in [1.807, 2.05) is 53.9 Å². The number of thiazole rings is 1. The van der Waals surface area contributed by atoms with E-state index in [1.54, 1.807) is 4.90 Å². The molecule has 0 radical (unpaired) electrons. The molecule has 1 saturated heterocycles. The van der Waals surface area contributed by atoms with E-state index >= 15 is 0 Å². The van der Waals surface area contributed by atoms with Gasteiger partial charge in [-0.15, -0.1) is 11.3 Å². The molecule has 2 amide bonds. The minimum atomic E-state index is -1.45. The first-order valence-electron chi connectivity index (χ1n) is 15.7. The Kier molecular flexibility index (Phi) is 11.0. The van der Waals surface area contributed by atoms with Crippen LogP contribution in [-0.2, 0) is 33.6 Å². The van der Waals surface area contributed by atoms with Crippen LogP contribution in [0.1, 0.15) is 75.6 Å². The van der Waals surface area contributed by atoms with Crippen molar-refractivity contribution in [1.29, 1.82) is 0 Å². The number of aromatic nitrogens is 1. The van der Waals surface area contributed by atoms with Crippen molar-refractivity contribution in [1.82, 2.24) is 4.98 Å². The molecule has 0 unspecified atom stereocenters. The van der Waals surface area contributed by atoms with Gasteiger partial charge in [-0.2, -0.15) is 0 Å². The summed E-state index contributed by atoms with van der Waals surface area (Å²) in [6.07, 6.45) is 2.09. The van der Waals surface area contributed by atoms with Crippen LogP contribution in [0.15, 0.2) is 78.2 Å². The number of hydrogen-bond donors (Lipinski definition) is 4. The number of aliphatic carboxylic acids is 2. The van der Waals surface area contributed by atoms with Gasteiger partial charge in [-0.05, 0) is 91.5 Å². The Morgan fingerprint density at radius 2 is 1.50 bits per heavy atom. The van der Waals surface area contributed by atoms with E-state index in [-0.39, 0.29) is 23.4 Å². The number of primary amides is 1. The molecule has 2 heterocycles. The van der Waals surface area contributed by atoms with Crippen molar-refractivity contribution in [2.24, 2.45) is 17.6 Å². The number of rotatable bonds is 16. The number of carboxylic acids is 2. The third-order valence-electron chi connectivity index (χ3n) is 8.74. The number of carbonyl (C=O) groups excluding carboxylic acids is 2. The molecule has 48 heavy (non-hydrogen) atoms. The second-order valence-corrected chi connectivity index (χ2v) is 12.8. The number of β-lactam (4-membered cyclic amide) rings is 1. The Hall–Kier alpha value is -4.94. The summed E-state index contributed by atoms with van der Waals surface area (Å²) in [5, 5.41) is 31.1. The average molecular weight is 674 g/mol. The molecule has 3 aromatic carbocycles. The molecule has 4 aromatic rings. The smallest absolute Gasteiger partial charge is 0.317 e. The van der Waals surface area contributed by atoms with Crippen molar-refractivity contribution in [2.75, 3.05) is 4.90 Å². The minimum absolute atomic E-state index is 0.0178. The zero-order chi connectivity index (χ0) is 34.4. The lowest BCUT2D eigenvalue weighted by Crippen LogP contribution is -2.55. The fourth-order valence-corrected chi connectivity index (χ4v) is 6.77. The molecule has 0 bridgehead atoms. The molecule has 1 aliphatic rings. The number of carboxylic acid groups (broad SMARTS) is 2. The highest BCUT2D eigenvalue weighted by atomic mass is 32.1. The SMILES string of the molecule is NC(=O)c1nc(CCc2ccc(N3C(=O)[C@H](CC[C@H](O)c4ccc(F)cc4)[C@H]3c3ccc(CCCC(C(=O)O)C(=O)O)cc3)cc2)cs1. The van der Waals surface area contributed by atoms with E-state index in [9.17, 15) is 28.7 Å². The van der Waals surface area contributed by atoms with Crippen molar-refractivity contribution in [3.8, 4) is 0 Å². The number of aryl methyl sites for hydroxylation is 3. The zero-order valence-corrected chi connectivity index (χ0v) is 26.8. The molecular weight excluding hydrogens is 637 g/mol. The van der Waals surface area contributed by atoms with Crippen molar-refractivity contribution >= 4 is 40.8 Å². The number of aliphatic hydroxyl groups is 1. The fourth-order valence-electron chi connectivity index (χ4n) is 6.06. The van der Waals surface area contributed by atoms with E-state index in [2.05, 4.69) is 4.98 Å². The van der Waals surface area contributed by atoms with Crippen LogP contribution in [0.25, 0.3) is 0 Å². The number of nitrogens with two attached hydrogens (primary N) is 1. The second-order valence-electron chi connectivity index (χ2n) is 11.9. The molecule has 5 rings (SSSR count). The molecule has 1 fully saturated rings. The van der Waals surface area contributed by atoms with Gasteiger partial charge in [0.15, 0.2) is 10.9 Å². The second kappa shape index (κ2) is 15.3. The highest BCUT2D eigenvalue weighted by Crippen LogP contribution is 2.46. The molecule has 10 nitrogen and oxygen atoms in total. The summed E-state index contributed by atoms with van der Waals surface area (Å²) in [7, 11) is 0. The van der Waals surface area contributed by atoms with Crippen molar-refractivity contribution in [3.05, 3.63) is 117 Å². The Bertz CT molecular complexity index is 1750. The Labute approximate surface area is 280 Å². The number of hydrogen-bond acceptors (Lipinski definition) is 7. The van der Waals surface area contributed by atoms with Crippen LogP contribution in [0.4, 0.5) is 10.1 Å². The number of aliphatic hydroxyl groups excluding tert-OH is 1. The normalized spacial score (nSPS) is 16.5. The van der Waals surface area contributed by atoms with Crippen LogP contribution in [0.5, 0.6) is 0 Å². The topological polar surface area (TPSA) is 171 Å². The summed E-state index contributed by atoms with van der Waals surface area (Å²) in [5.74, 6) is -5.57. The molecule has 12 heteroatoms. The number of carbonyl (C=O) groups is 4. The third-order valence-corrected chi connectivity index (χ3v) is 9.65. The highest BCUT2D eigenvalue weighted by molar-refractivity contribution is 7.11. The summed E-state index contributed by atoms with van der Waals surface area (Å²) < 4.78 is 13.4. The van der Waals surface area contributed by atoms with Crippen molar-refractivity contribution in [3.63, 3.8) is 0 Å². The van der Waals surface area contributed by atoms with E-state index in [4.69, 9.17) is 15.9 Å². The number of halogens is 1. The summed E-state index contributed by atoms with van der Waals surface area (Å²) in [6.45, 7) is 0. The van der Waals surface area contributed by atoms with Gasteiger partial charge in [-0.1, -0.05) is 48.5 Å². The van der Waals surface area contributed by atoms with E-state index in [0.717, 1.165) is 28.1 Å². The van der Waals surface area contributed by atoms with Gasteiger partial charge in [0.1, 0.15) is 5.82 Å². The van der Waals surface area contributed by atoms with Crippen LogP contribution < -0.4 is 10.6 Å². The van der Waals surface area contributed by atoms with E-state index < -0.39 is 41.6 Å². The zero-order valence-electron chi connectivity index (χ0n) is 26.0. The molecule has 5 N–H and O–H groups in total. The van der Waals surface area contributed by atoms with Crippen molar-refractivity contribution in [2.45, 2.75) is 57.1 Å². The standard InChI is InChI=1S/C36H36FN3O7S/c37-25-13-11-23(12-14-25)30(41)19-18-28-31(24-9-4-21(5-10-24)2-1-3-29(35(44)45)36(46)47)40(34(28)43)27-16-7-22(8-17-27)6-15-26-20-48-33(39-26)32(38)42/h4-5,7-14,16-17,20,28-31,41H,1-3,6,15,18-19H2,(H2,38,42)(H,44,45)(H,46,47)/t28-,30+,31-/m1/s1. The third kappa shape index (κ3) is 8.12. The van der Waals surface area contributed by atoms with Crippen LogP contribution >= 0.6 is 11.3 Å². The average Bonchev–Trinajstić information content (AvgIpc) is 3.55. The first-order valence-corrected chi connectivity index (χ1v) is 16.5. The molecule has 0 aliphatic carbocycles. The number of amides is 2. The van der Waals surface area contributed by atoms with Gasteiger partial charge >= 0.3 is 11.9 Å². The van der Waals surface area contributed by atoms with Gasteiger partial charge in [-0.25, -0.2) is 9.37 Å². The van der Waals surface area contributed by atoms with Crippen LogP contribution in [-0.4, -0.2) is 44.1 Å². The largest absolute Gasteiger partial charge is 0.481 e. The molecular formula is C36H36FN3O7S. The number of anilines is 1. The summed E-state index contributed by atoms with van der Waals surface area (Å²) >= 11 is 1.22. The summed E-state index contributed by atoms with van der Waals surface area (Å²) in [4.78, 5) is 53.4. The van der Waals surface area contributed by atoms with Crippen molar-refractivity contribution < 1.29 is 38.9 Å². The maximum absolute atomic E-state index is 13.6. The van der Waals surface area contributed by atoms with Gasteiger partial charge in [0.05, 0.1) is 23.8 Å². The van der Waals surface area contributed by atoms with Gasteiger partial charge in [0.2, 0.25) is 5.91 Å². The first kappa shape index (κ1) is 34.4. The van der Waals surface area contributed by atoms with Gasteiger partial charge in [0.25, 0.3) is 5.91 Å². The Morgan fingerprint density at radius 1 is 0.875 bits per heavy atom. The maximum atomic E-state index is 13.6. The Balaban J connectivity index is 1.29. The van der Waals surface area contributed by atoms with Crippen LogP contribution in [0.3, 0.4) is 0 Å². The first-order chi connectivity index (χ1) is 23.0. The lowest BCUT2D eigenvalue weighted by molar-refractivity contribution is -0.154. The lowest BCUT2D eigenvalue weighted by Gasteiger charge is -2.48.